The first-order valence-corrected chi connectivity index (χ1v) is 9.09. The van der Waals surface area contributed by atoms with E-state index >= 15 is 0 Å². The van der Waals surface area contributed by atoms with Crippen LogP contribution in [0.25, 0.3) is 0 Å². The van der Waals surface area contributed by atoms with Crippen LogP contribution in [0, 0.1) is 0 Å². The third-order valence-electron chi connectivity index (χ3n) is 1.26. The van der Waals surface area contributed by atoms with Crippen molar-refractivity contribution in [3.05, 3.63) is 0 Å². The molecule has 0 aliphatic carbocycles. The fourth-order valence-corrected chi connectivity index (χ4v) is 2.54. The molecule has 0 atom stereocenters. The molecule has 21 heavy (non-hydrogen) atoms. The molecule has 0 amide bonds. The quantitative estimate of drug-likeness (QED) is 0.421. The van der Waals surface area contributed by atoms with E-state index in [0.29, 0.717) is 0 Å². The first-order valence-electron chi connectivity index (χ1n) is 5.12. The maximum absolute atomic E-state index is 10.7. The van der Waals surface area contributed by atoms with Crippen molar-refractivity contribution in [2.45, 2.75) is 27.3 Å². The fourth-order valence-electron chi connectivity index (χ4n) is 0.846. The van der Waals surface area contributed by atoms with Crippen LogP contribution in [-0.4, -0.2) is 57.3 Å². The van der Waals surface area contributed by atoms with Crippen LogP contribution in [0.4, 0.5) is 0 Å². The van der Waals surface area contributed by atoms with Gasteiger partial charge in [-0.1, -0.05) is 0 Å². The monoisotopic (exact) mass is 354 g/mol. The van der Waals surface area contributed by atoms with Gasteiger partial charge in [0.2, 0.25) is 0 Å². The van der Waals surface area contributed by atoms with E-state index in [1.54, 1.807) is 0 Å². The third-order valence-corrected chi connectivity index (χ3v) is 3.78. The summed E-state index contributed by atoms with van der Waals surface area (Å²) in [5.74, 6) is -2.00. The van der Waals surface area contributed by atoms with Crippen molar-refractivity contribution in [3.8, 4) is 0 Å². The third kappa shape index (κ3) is 19.7. The summed E-state index contributed by atoms with van der Waals surface area (Å²) >= 11 is 0. The Morgan fingerprint density at radius 2 is 1.05 bits per heavy atom. The summed E-state index contributed by atoms with van der Waals surface area (Å²) in [6.45, 7) is 4.70. The van der Waals surface area contributed by atoms with Crippen molar-refractivity contribution in [2.75, 3.05) is 7.11 Å². The first-order chi connectivity index (χ1) is 8.81. The zero-order valence-electron chi connectivity index (χ0n) is 13.7. The molecule has 13 heteroatoms. The van der Waals surface area contributed by atoms with E-state index in [-0.39, 0.29) is 31.0 Å². The second-order valence-electron chi connectivity index (χ2n) is 3.42. The van der Waals surface area contributed by atoms with Gasteiger partial charge < -0.3 is 33.5 Å². The van der Waals surface area contributed by atoms with Gasteiger partial charge in [0, 0.05) is 34.4 Å². The Morgan fingerprint density at radius 3 is 1.14 bits per heavy atom. The van der Waals surface area contributed by atoms with Crippen molar-refractivity contribution in [3.63, 3.8) is 0 Å². The molecule has 0 rings (SSSR count). The van der Waals surface area contributed by atoms with Gasteiger partial charge in [0.05, 0.1) is 0 Å². The summed E-state index contributed by atoms with van der Waals surface area (Å²) in [6, 6.07) is 0. The molecule has 0 aromatic carbocycles. The topological polar surface area (TPSA) is 149 Å². The number of rotatable bonds is 4. The molecule has 0 bridgehead atoms. The molecule has 0 unspecified atom stereocenters. The Kier molecular flexibility index (Phi) is 13.8. The van der Waals surface area contributed by atoms with Crippen LogP contribution >= 0.6 is 0 Å². The van der Waals surface area contributed by atoms with Crippen LogP contribution in [0.15, 0.2) is 0 Å². The largest absolute Gasteiger partial charge is 1.00 e. The van der Waals surface area contributed by atoms with Gasteiger partial charge in [0.15, 0.2) is 0 Å². The van der Waals surface area contributed by atoms with Crippen LogP contribution in [0.5, 0.6) is 0 Å². The summed E-state index contributed by atoms with van der Waals surface area (Å²) in [5, 5.41) is 0. The summed E-state index contributed by atoms with van der Waals surface area (Å²) in [6.07, 6.45) is 0. The molecule has 0 saturated heterocycles. The predicted octanol–water partition coefficient (Wildman–Crippen LogP) is -4.59. The van der Waals surface area contributed by atoms with Gasteiger partial charge >= 0.3 is 47.4 Å². The van der Waals surface area contributed by atoms with E-state index in [2.05, 4.69) is 17.7 Å². The minimum atomic E-state index is -4.13. The molecule has 0 aliphatic rings. The molecule has 0 radical (unpaired) electrons. The molecule has 0 aliphatic heterocycles. The van der Waals surface area contributed by atoms with Crippen molar-refractivity contribution < 1.29 is 77.5 Å². The summed E-state index contributed by atoms with van der Waals surface area (Å²) in [5.41, 5.74) is 0. The Morgan fingerprint density at radius 1 is 0.857 bits per heavy atom. The SMILES string of the molecule is CC(=O)O[Si](C)(OC(C)=O)OC(C)=O.CO[Si](O)(O)O.[H-].[Na+]. The van der Waals surface area contributed by atoms with Crippen molar-refractivity contribution in [2.24, 2.45) is 0 Å². The van der Waals surface area contributed by atoms with Gasteiger partial charge in [0.25, 0.3) is 17.9 Å². The van der Waals surface area contributed by atoms with Crippen molar-refractivity contribution >= 4 is 35.8 Å². The van der Waals surface area contributed by atoms with Gasteiger partial charge in [-0.25, -0.2) is 0 Å². The molecule has 3 N–H and O–H groups in total. The smallest absolute Gasteiger partial charge is 1.00 e. The molecule has 0 heterocycles. The first kappa shape index (κ1) is 25.6. The number of carbonyl (C=O) groups excluding carboxylic acids is 3. The molecule has 0 aromatic heterocycles. The minimum Gasteiger partial charge on any atom is -1.00 e. The van der Waals surface area contributed by atoms with Crippen LogP contribution in [0.3, 0.4) is 0 Å². The minimum absolute atomic E-state index is 0. The Bertz CT molecular complexity index is 321. The molecule has 10 nitrogen and oxygen atoms in total. The van der Waals surface area contributed by atoms with Crippen LogP contribution in [0.1, 0.15) is 22.2 Å². The molecule has 0 saturated carbocycles. The van der Waals surface area contributed by atoms with E-state index in [9.17, 15) is 14.4 Å². The summed E-state index contributed by atoms with van der Waals surface area (Å²) in [4.78, 5) is 55.5. The Labute approximate surface area is 147 Å². The number of hydrogen-bond acceptors (Lipinski definition) is 10. The summed E-state index contributed by atoms with van der Waals surface area (Å²) < 4.78 is 17.8. The zero-order chi connectivity index (χ0) is 16.6. The molecule has 0 aromatic rings. The molecule has 0 fully saturated rings. The molecular weight excluding hydrogens is 335 g/mol. The van der Waals surface area contributed by atoms with Gasteiger partial charge in [-0.05, 0) is 0 Å². The molecular formula is C8H19NaO10Si2. The zero-order valence-corrected chi connectivity index (χ0v) is 16.7. The average Bonchev–Trinajstić information content (AvgIpc) is 2.11. The van der Waals surface area contributed by atoms with Gasteiger partial charge in [-0.15, -0.1) is 0 Å². The standard InChI is InChI=1S/C7H12O6Si.CH6O4Si.Na.H/c1-5(8)11-14(4,12-6(2)9)13-7(3)10;1-5-6(2,3)4;;/h1-4H3;2-4H,1H3;;/q;;+1;-1. The number of carbonyl (C=O) groups is 3. The second kappa shape index (κ2) is 11.3. The van der Waals surface area contributed by atoms with Crippen molar-refractivity contribution in [1.29, 1.82) is 0 Å². The molecule has 120 valence electrons. The van der Waals surface area contributed by atoms with Crippen LogP contribution in [0.2, 0.25) is 6.55 Å². The van der Waals surface area contributed by atoms with E-state index in [1.165, 1.54) is 6.55 Å². The van der Waals surface area contributed by atoms with Gasteiger partial charge in [0.1, 0.15) is 0 Å². The van der Waals surface area contributed by atoms with E-state index in [0.717, 1.165) is 27.9 Å². The summed E-state index contributed by atoms with van der Waals surface area (Å²) in [7, 11) is -6.60. The maximum Gasteiger partial charge on any atom is 1.00 e. The van der Waals surface area contributed by atoms with Crippen LogP contribution in [-0.2, 0) is 32.1 Å². The Balaban J connectivity index is -0.000000174. The average molecular weight is 354 g/mol. The molecule has 0 spiro atoms. The van der Waals surface area contributed by atoms with E-state index < -0.39 is 35.8 Å². The number of hydrogen-bond donors (Lipinski definition) is 3. The maximum atomic E-state index is 10.7. The van der Waals surface area contributed by atoms with E-state index in [4.69, 9.17) is 14.4 Å². The Hall–Kier alpha value is -0.316. The van der Waals surface area contributed by atoms with Crippen LogP contribution < -0.4 is 29.6 Å². The fraction of sp³-hybridized carbons (Fsp3) is 0.625. The predicted molar refractivity (Wildman–Crippen MR) is 67.4 cm³/mol. The van der Waals surface area contributed by atoms with E-state index in [1.807, 2.05) is 0 Å². The van der Waals surface area contributed by atoms with Gasteiger partial charge in [-0.2, -0.15) is 0 Å². The van der Waals surface area contributed by atoms with Crippen molar-refractivity contribution in [1.82, 2.24) is 0 Å². The second-order valence-corrected chi connectivity index (χ2v) is 7.31. The van der Waals surface area contributed by atoms with Gasteiger partial charge in [-0.3, -0.25) is 14.4 Å². The normalized spacial score (nSPS) is 10.3.